The summed E-state index contributed by atoms with van der Waals surface area (Å²) in [6.07, 6.45) is 1.73. The average Bonchev–Trinajstić information content (AvgIpc) is 2.41. The topological polar surface area (TPSA) is 80.7 Å². The normalized spacial score (nSPS) is 12.9. The van der Waals surface area contributed by atoms with Gasteiger partial charge in [-0.05, 0) is 53.4 Å². The molecule has 0 fully saturated rings. The Morgan fingerprint density at radius 3 is 2.55 bits per heavy atom. The number of halogens is 2. The number of aromatic hydroxyl groups is 1. The van der Waals surface area contributed by atoms with Gasteiger partial charge in [0, 0.05) is 10.7 Å². The third kappa shape index (κ3) is 5.14. The van der Waals surface area contributed by atoms with Crippen molar-refractivity contribution in [2.75, 3.05) is 6.61 Å². The third-order valence-corrected chi connectivity index (χ3v) is 5.03. The van der Waals surface area contributed by atoms with Crippen LogP contribution in [-0.2, 0) is 25.0 Å². The van der Waals surface area contributed by atoms with Crippen molar-refractivity contribution in [1.82, 2.24) is 0 Å². The standard InChI is InChI=1S/C14H18BrClO5S/c1-3-5-10(14(18)21-4-2)6-9-7-11(15)13(17)12(8-9)22(16,19)20/h7-8,10,17H,3-6H2,1-2H3. The van der Waals surface area contributed by atoms with Gasteiger partial charge in [-0.25, -0.2) is 8.42 Å². The Morgan fingerprint density at radius 2 is 2.05 bits per heavy atom. The molecule has 5 nitrogen and oxygen atoms in total. The number of hydrogen-bond donors (Lipinski definition) is 1. The molecule has 1 aromatic carbocycles. The zero-order valence-corrected chi connectivity index (χ0v) is 15.5. The Balaban J connectivity index is 3.15. The minimum absolute atomic E-state index is 0.211. The smallest absolute Gasteiger partial charge is 0.309 e. The molecule has 1 atom stereocenters. The molecule has 0 aliphatic heterocycles. The van der Waals surface area contributed by atoms with Gasteiger partial charge in [0.25, 0.3) is 9.05 Å². The van der Waals surface area contributed by atoms with E-state index in [1.807, 2.05) is 6.92 Å². The van der Waals surface area contributed by atoms with E-state index in [9.17, 15) is 18.3 Å². The van der Waals surface area contributed by atoms with Crippen molar-refractivity contribution in [2.45, 2.75) is 38.0 Å². The van der Waals surface area contributed by atoms with E-state index in [-0.39, 0.29) is 21.3 Å². The Kier molecular flexibility index (Phi) is 7.15. The molecule has 1 rings (SSSR count). The van der Waals surface area contributed by atoms with Crippen molar-refractivity contribution in [3.8, 4) is 5.75 Å². The van der Waals surface area contributed by atoms with Gasteiger partial charge in [0.15, 0.2) is 0 Å². The molecule has 1 unspecified atom stereocenters. The second-order valence-corrected chi connectivity index (χ2v) is 8.19. The summed E-state index contributed by atoms with van der Waals surface area (Å²) in [5, 5.41) is 9.79. The monoisotopic (exact) mass is 412 g/mol. The highest BCUT2D eigenvalue weighted by Gasteiger charge is 2.23. The van der Waals surface area contributed by atoms with Crippen LogP contribution in [0.3, 0.4) is 0 Å². The number of ether oxygens (including phenoxy) is 1. The summed E-state index contributed by atoms with van der Waals surface area (Å²) >= 11 is 3.10. The van der Waals surface area contributed by atoms with E-state index in [0.717, 1.165) is 6.42 Å². The first-order valence-corrected chi connectivity index (χ1v) is 9.93. The van der Waals surface area contributed by atoms with E-state index in [4.69, 9.17) is 15.4 Å². The fraction of sp³-hybridized carbons (Fsp3) is 0.500. The van der Waals surface area contributed by atoms with Crippen molar-refractivity contribution < 1.29 is 23.1 Å². The fourth-order valence-electron chi connectivity index (χ4n) is 2.13. The molecular formula is C14H18BrClO5S. The van der Waals surface area contributed by atoms with Crippen LogP contribution in [0.1, 0.15) is 32.3 Å². The van der Waals surface area contributed by atoms with Crippen LogP contribution < -0.4 is 0 Å². The molecule has 0 radical (unpaired) electrons. The van der Waals surface area contributed by atoms with Crippen molar-refractivity contribution in [2.24, 2.45) is 5.92 Å². The van der Waals surface area contributed by atoms with Gasteiger partial charge in [0.1, 0.15) is 10.6 Å². The largest absolute Gasteiger partial charge is 0.505 e. The summed E-state index contributed by atoms with van der Waals surface area (Å²) in [4.78, 5) is 11.6. The van der Waals surface area contributed by atoms with E-state index < -0.39 is 14.8 Å². The number of benzene rings is 1. The summed E-state index contributed by atoms with van der Waals surface area (Å²) < 4.78 is 28.2. The van der Waals surface area contributed by atoms with Crippen LogP contribution in [0.5, 0.6) is 5.75 Å². The molecule has 8 heteroatoms. The molecule has 0 heterocycles. The van der Waals surface area contributed by atoms with Crippen LogP contribution in [0.25, 0.3) is 0 Å². The fourth-order valence-corrected chi connectivity index (χ4v) is 3.75. The third-order valence-electron chi connectivity index (χ3n) is 3.09. The summed E-state index contributed by atoms with van der Waals surface area (Å²) in [6, 6.07) is 2.85. The molecule has 0 aliphatic rings. The molecule has 0 aromatic heterocycles. The minimum Gasteiger partial charge on any atom is -0.505 e. The second-order valence-electron chi connectivity index (χ2n) is 4.80. The SMILES string of the molecule is CCCC(Cc1cc(Br)c(O)c(S(=O)(=O)Cl)c1)C(=O)OCC. The molecule has 22 heavy (non-hydrogen) atoms. The highest BCUT2D eigenvalue weighted by molar-refractivity contribution is 9.10. The number of phenolic OH excluding ortho intramolecular Hbond substituents is 1. The molecular weight excluding hydrogens is 396 g/mol. The second kappa shape index (κ2) is 8.17. The van der Waals surface area contributed by atoms with Crippen molar-refractivity contribution >= 4 is 41.6 Å². The van der Waals surface area contributed by atoms with Gasteiger partial charge >= 0.3 is 5.97 Å². The maximum absolute atomic E-state index is 11.9. The van der Waals surface area contributed by atoms with Gasteiger partial charge < -0.3 is 9.84 Å². The predicted molar refractivity (Wildman–Crippen MR) is 87.6 cm³/mol. The van der Waals surface area contributed by atoms with E-state index in [0.29, 0.717) is 25.0 Å². The van der Waals surface area contributed by atoms with Gasteiger partial charge in [0.05, 0.1) is 17.0 Å². The number of esters is 1. The first-order chi connectivity index (χ1) is 10.2. The zero-order chi connectivity index (χ0) is 16.9. The van der Waals surface area contributed by atoms with E-state index in [2.05, 4.69) is 15.9 Å². The summed E-state index contributed by atoms with van der Waals surface area (Å²) in [5.74, 6) is -1.13. The summed E-state index contributed by atoms with van der Waals surface area (Å²) in [7, 11) is 1.24. The van der Waals surface area contributed by atoms with Crippen LogP contribution in [-0.4, -0.2) is 26.1 Å². The molecule has 0 saturated heterocycles. The van der Waals surface area contributed by atoms with Gasteiger partial charge in [0.2, 0.25) is 0 Å². The Morgan fingerprint density at radius 1 is 1.41 bits per heavy atom. The molecule has 0 aliphatic carbocycles. The van der Waals surface area contributed by atoms with Gasteiger partial charge in [-0.1, -0.05) is 13.3 Å². The number of phenols is 1. The van der Waals surface area contributed by atoms with Gasteiger partial charge in [-0.2, -0.15) is 0 Å². The summed E-state index contributed by atoms with van der Waals surface area (Å²) in [5.41, 5.74) is 0.579. The predicted octanol–water partition coefficient (Wildman–Crippen LogP) is 3.60. The molecule has 1 aromatic rings. The number of hydrogen-bond acceptors (Lipinski definition) is 5. The molecule has 1 N–H and O–H groups in total. The van der Waals surface area contributed by atoms with Gasteiger partial charge in [-0.3, -0.25) is 4.79 Å². The van der Waals surface area contributed by atoms with Crippen LogP contribution in [0, 0.1) is 5.92 Å². The van der Waals surface area contributed by atoms with Crippen LogP contribution in [0.15, 0.2) is 21.5 Å². The maximum atomic E-state index is 11.9. The molecule has 0 bridgehead atoms. The first kappa shape index (κ1) is 19.3. The van der Waals surface area contributed by atoms with E-state index in [1.165, 1.54) is 6.07 Å². The first-order valence-electron chi connectivity index (χ1n) is 6.83. The lowest BCUT2D eigenvalue weighted by Crippen LogP contribution is -2.20. The highest BCUT2D eigenvalue weighted by Crippen LogP contribution is 2.35. The van der Waals surface area contributed by atoms with Crippen molar-refractivity contribution in [3.05, 3.63) is 22.2 Å². The maximum Gasteiger partial charge on any atom is 0.309 e. The van der Waals surface area contributed by atoms with Crippen LogP contribution in [0.2, 0.25) is 0 Å². The number of carbonyl (C=O) groups excluding carboxylic acids is 1. The quantitative estimate of drug-likeness (QED) is 0.545. The van der Waals surface area contributed by atoms with Crippen molar-refractivity contribution in [3.63, 3.8) is 0 Å². The van der Waals surface area contributed by atoms with Crippen molar-refractivity contribution in [1.29, 1.82) is 0 Å². The number of carbonyl (C=O) groups is 1. The molecule has 124 valence electrons. The Hall–Kier alpha value is -0.790. The molecule has 0 spiro atoms. The van der Waals surface area contributed by atoms with Crippen LogP contribution in [0.4, 0.5) is 0 Å². The number of rotatable bonds is 7. The zero-order valence-electron chi connectivity index (χ0n) is 12.3. The Bertz CT molecular complexity index is 645. The van der Waals surface area contributed by atoms with Crippen LogP contribution >= 0.6 is 26.6 Å². The van der Waals surface area contributed by atoms with Gasteiger partial charge in [-0.15, -0.1) is 0 Å². The minimum atomic E-state index is -4.08. The lowest BCUT2D eigenvalue weighted by molar-refractivity contribution is -0.148. The molecule has 0 amide bonds. The average molecular weight is 414 g/mol. The highest BCUT2D eigenvalue weighted by atomic mass is 79.9. The summed E-state index contributed by atoms with van der Waals surface area (Å²) in [6.45, 7) is 3.98. The Labute approximate surface area is 143 Å². The molecule has 0 saturated carbocycles. The van der Waals surface area contributed by atoms with E-state index >= 15 is 0 Å². The van der Waals surface area contributed by atoms with E-state index in [1.54, 1.807) is 13.0 Å². The lowest BCUT2D eigenvalue weighted by atomic mass is 9.95. The lowest BCUT2D eigenvalue weighted by Gasteiger charge is -2.16.